The summed E-state index contributed by atoms with van der Waals surface area (Å²) in [4.78, 5) is 0. The van der Waals surface area contributed by atoms with Crippen molar-refractivity contribution in [1.29, 1.82) is 0 Å². The first-order chi connectivity index (χ1) is 7.56. The molecule has 0 atom stereocenters. The minimum absolute atomic E-state index is 0.262. The highest BCUT2D eigenvalue weighted by Gasteiger charge is 2.04. The van der Waals surface area contributed by atoms with E-state index in [1.807, 2.05) is 0 Å². The molecule has 0 amide bonds. The van der Waals surface area contributed by atoms with Crippen LogP contribution in [0.3, 0.4) is 0 Å². The second-order valence-corrected chi connectivity index (χ2v) is 15.7. The van der Waals surface area contributed by atoms with Crippen LogP contribution in [-0.2, 0) is 0 Å². The first kappa shape index (κ1) is 17.1. The Morgan fingerprint density at radius 1 is 0.688 bits per heavy atom. The molecule has 0 N–H and O–H groups in total. The SMILES string of the molecule is CCCCCCCCCCCCS(C)(C)I. The van der Waals surface area contributed by atoms with Gasteiger partial charge in [-0.15, -0.1) is 0 Å². The summed E-state index contributed by atoms with van der Waals surface area (Å²) in [7, 11) is -0.262. The summed E-state index contributed by atoms with van der Waals surface area (Å²) in [5.41, 5.74) is 0. The van der Waals surface area contributed by atoms with Gasteiger partial charge in [-0.2, -0.15) is 7.20 Å². The van der Waals surface area contributed by atoms with Crippen LogP contribution >= 0.6 is 28.4 Å². The monoisotopic (exact) mass is 358 g/mol. The molecule has 0 rings (SSSR count). The molecule has 100 valence electrons. The van der Waals surface area contributed by atoms with Gasteiger partial charge in [0.2, 0.25) is 0 Å². The molecule has 0 aliphatic rings. The van der Waals surface area contributed by atoms with Crippen molar-refractivity contribution in [2.24, 2.45) is 0 Å². The fraction of sp³-hybridized carbons (Fsp3) is 1.00. The number of hydrogen-bond acceptors (Lipinski definition) is 0. The van der Waals surface area contributed by atoms with Crippen molar-refractivity contribution in [3.05, 3.63) is 0 Å². The molecular formula is C14H31IS. The van der Waals surface area contributed by atoms with Crippen LogP contribution in [0.1, 0.15) is 71.1 Å². The second kappa shape index (κ2) is 11.2. The summed E-state index contributed by atoms with van der Waals surface area (Å²) in [5.74, 6) is 1.46. The predicted molar refractivity (Wildman–Crippen MR) is 90.2 cm³/mol. The van der Waals surface area contributed by atoms with E-state index in [2.05, 4.69) is 40.6 Å². The number of rotatable bonds is 11. The molecule has 0 saturated heterocycles. The topological polar surface area (TPSA) is 0 Å². The minimum atomic E-state index is -0.262. The van der Waals surface area contributed by atoms with E-state index in [4.69, 9.17) is 0 Å². The van der Waals surface area contributed by atoms with E-state index in [1.165, 1.54) is 70.0 Å². The Hall–Kier alpha value is 1.08. The third-order valence-corrected chi connectivity index (χ3v) is 5.56. The molecule has 0 aliphatic heterocycles. The second-order valence-electron chi connectivity index (χ2n) is 5.29. The number of halogens is 1. The van der Waals surface area contributed by atoms with E-state index in [9.17, 15) is 0 Å². The van der Waals surface area contributed by atoms with Crippen LogP contribution in [0.5, 0.6) is 0 Å². The summed E-state index contributed by atoms with van der Waals surface area (Å²) >= 11 is 2.65. The molecule has 0 aromatic rings. The minimum Gasteiger partial charge on any atom is -0.193 e. The smallest absolute Gasteiger partial charge is 0.0149 e. The predicted octanol–water partition coefficient (Wildman–Crippen LogP) is 6.32. The van der Waals surface area contributed by atoms with Gasteiger partial charge in [0, 0.05) is 0 Å². The van der Waals surface area contributed by atoms with Crippen molar-refractivity contribution in [2.45, 2.75) is 71.1 Å². The molecule has 0 aromatic carbocycles. The lowest BCUT2D eigenvalue weighted by Crippen LogP contribution is -1.92. The van der Waals surface area contributed by atoms with Crippen molar-refractivity contribution < 1.29 is 0 Å². The zero-order valence-electron chi connectivity index (χ0n) is 11.6. The Morgan fingerprint density at radius 3 is 1.44 bits per heavy atom. The molecule has 0 heterocycles. The van der Waals surface area contributed by atoms with Crippen LogP contribution in [0.4, 0.5) is 0 Å². The molecule has 0 saturated carbocycles. The number of hydrogen-bond donors (Lipinski definition) is 0. The van der Waals surface area contributed by atoms with Gasteiger partial charge in [0.15, 0.2) is 0 Å². The van der Waals surface area contributed by atoms with Crippen molar-refractivity contribution in [3.63, 3.8) is 0 Å². The summed E-state index contributed by atoms with van der Waals surface area (Å²) in [6.45, 7) is 2.29. The van der Waals surface area contributed by atoms with Crippen molar-refractivity contribution >= 4 is 28.4 Å². The molecule has 0 aliphatic carbocycles. The number of unbranched alkanes of at least 4 members (excludes halogenated alkanes) is 9. The zero-order valence-corrected chi connectivity index (χ0v) is 14.5. The average molecular weight is 358 g/mol. The van der Waals surface area contributed by atoms with Crippen LogP contribution in [-0.4, -0.2) is 18.3 Å². The van der Waals surface area contributed by atoms with Gasteiger partial charge >= 0.3 is 0 Å². The van der Waals surface area contributed by atoms with Crippen molar-refractivity contribution in [1.82, 2.24) is 0 Å². The van der Waals surface area contributed by atoms with Gasteiger partial charge in [-0.1, -0.05) is 64.7 Å². The normalized spacial score (nSPS) is 13.0. The molecule has 2 heteroatoms. The van der Waals surface area contributed by atoms with Crippen molar-refractivity contribution in [3.8, 4) is 0 Å². The van der Waals surface area contributed by atoms with E-state index in [0.717, 1.165) is 0 Å². The third-order valence-electron chi connectivity index (χ3n) is 2.98. The highest BCUT2D eigenvalue weighted by atomic mass is 127. The van der Waals surface area contributed by atoms with Gasteiger partial charge in [-0.3, -0.25) is 0 Å². The van der Waals surface area contributed by atoms with E-state index >= 15 is 0 Å². The zero-order chi connectivity index (χ0) is 12.3. The van der Waals surface area contributed by atoms with E-state index < -0.39 is 0 Å². The van der Waals surface area contributed by atoms with Crippen LogP contribution in [0.2, 0.25) is 0 Å². The first-order valence-corrected chi connectivity index (χ1v) is 12.1. The van der Waals surface area contributed by atoms with Gasteiger partial charge in [0.05, 0.1) is 0 Å². The fourth-order valence-electron chi connectivity index (χ4n) is 1.93. The molecule has 0 aromatic heterocycles. The highest BCUT2D eigenvalue weighted by Crippen LogP contribution is 2.49. The molecule has 0 fully saturated rings. The lowest BCUT2D eigenvalue weighted by atomic mass is 10.1. The Balaban J connectivity index is 2.99. The van der Waals surface area contributed by atoms with E-state index in [-0.39, 0.29) is 7.20 Å². The van der Waals surface area contributed by atoms with Crippen LogP contribution < -0.4 is 0 Å². The van der Waals surface area contributed by atoms with Crippen LogP contribution in [0.25, 0.3) is 0 Å². The lowest BCUT2D eigenvalue weighted by Gasteiger charge is -2.21. The Labute approximate surface area is 117 Å². The summed E-state index contributed by atoms with van der Waals surface area (Å²) in [6.07, 6.45) is 19.4. The molecule has 0 unspecified atom stereocenters. The first-order valence-electron chi connectivity index (χ1n) is 6.97. The van der Waals surface area contributed by atoms with Gasteiger partial charge in [0.1, 0.15) is 0 Å². The van der Waals surface area contributed by atoms with Gasteiger partial charge < -0.3 is 0 Å². The molecule has 16 heavy (non-hydrogen) atoms. The average Bonchev–Trinajstić information content (AvgIpc) is 2.19. The maximum Gasteiger partial charge on any atom is -0.0149 e. The molecule has 0 spiro atoms. The summed E-state index contributed by atoms with van der Waals surface area (Å²) < 4.78 is 0. The molecular weight excluding hydrogens is 327 g/mol. The van der Waals surface area contributed by atoms with E-state index in [1.54, 1.807) is 0 Å². The lowest BCUT2D eigenvalue weighted by molar-refractivity contribution is 0.563. The maximum atomic E-state index is 2.65. The standard InChI is InChI=1S/C14H31IS/c1-4-5-6-7-8-9-10-11-12-13-14-16(2,3)15/h4-14H2,1-3H3. The molecule has 0 nitrogen and oxygen atoms in total. The Bertz CT molecular complexity index is 140. The maximum absolute atomic E-state index is 2.65. The summed E-state index contributed by atoms with van der Waals surface area (Å²) in [6, 6.07) is 0. The Morgan fingerprint density at radius 2 is 1.06 bits per heavy atom. The molecule has 0 bridgehead atoms. The van der Waals surface area contributed by atoms with Crippen molar-refractivity contribution in [2.75, 3.05) is 18.3 Å². The van der Waals surface area contributed by atoms with Crippen LogP contribution in [0, 0.1) is 0 Å². The van der Waals surface area contributed by atoms with E-state index in [0.29, 0.717) is 0 Å². The fourth-order valence-corrected chi connectivity index (χ4v) is 3.76. The summed E-state index contributed by atoms with van der Waals surface area (Å²) in [5, 5.41) is 0. The largest absolute Gasteiger partial charge is 0.193 e. The van der Waals surface area contributed by atoms with Gasteiger partial charge in [0.25, 0.3) is 0 Å². The quantitative estimate of drug-likeness (QED) is 0.299. The third kappa shape index (κ3) is 15.1. The molecule has 0 radical (unpaired) electrons. The van der Waals surface area contributed by atoms with Gasteiger partial charge in [-0.05, 0) is 45.9 Å². The Kier molecular flexibility index (Phi) is 11.9. The van der Waals surface area contributed by atoms with Gasteiger partial charge in [-0.25, -0.2) is 0 Å². The highest BCUT2D eigenvalue weighted by molar-refractivity contribution is 14.2. The van der Waals surface area contributed by atoms with Crippen LogP contribution in [0.15, 0.2) is 0 Å².